The Bertz CT molecular complexity index is 364. The van der Waals surface area contributed by atoms with Gasteiger partial charge in [0, 0.05) is 0 Å². The van der Waals surface area contributed by atoms with E-state index in [1.807, 2.05) is 0 Å². The first-order valence-electron chi connectivity index (χ1n) is 8.44. The van der Waals surface area contributed by atoms with Crippen LogP contribution in [0.3, 0.4) is 0 Å². The number of carbonyl (C=O) groups excluding carboxylic acids is 2. The summed E-state index contributed by atoms with van der Waals surface area (Å²) in [6, 6.07) is 0. The minimum atomic E-state index is -0.240. The molecule has 0 aliphatic heterocycles. The van der Waals surface area contributed by atoms with Crippen LogP contribution in [0.5, 0.6) is 0 Å². The summed E-state index contributed by atoms with van der Waals surface area (Å²) in [7, 11) is 2.86. The molecule has 0 aromatic rings. The summed E-state index contributed by atoms with van der Waals surface area (Å²) in [5, 5.41) is 0. The van der Waals surface area contributed by atoms with Gasteiger partial charge in [-0.2, -0.15) is 0 Å². The van der Waals surface area contributed by atoms with Gasteiger partial charge in [0.2, 0.25) is 0 Å². The molecule has 128 valence electrons. The number of esters is 2. The van der Waals surface area contributed by atoms with Crippen LogP contribution >= 0.6 is 0 Å². The van der Waals surface area contributed by atoms with Crippen molar-refractivity contribution >= 4 is 11.9 Å². The van der Waals surface area contributed by atoms with Crippen molar-refractivity contribution in [2.75, 3.05) is 14.2 Å². The van der Waals surface area contributed by atoms with Crippen LogP contribution < -0.4 is 0 Å². The Morgan fingerprint density at radius 1 is 1.00 bits per heavy atom. The van der Waals surface area contributed by atoms with E-state index in [2.05, 4.69) is 20.8 Å². The normalized spacial score (nSPS) is 19.3. The molecule has 22 heavy (non-hydrogen) atoms. The fourth-order valence-corrected chi connectivity index (χ4v) is 3.64. The minimum absolute atomic E-state index is 0.0199. The third-order valence-electron chi connectivity index (χ3n) is 4.65. The van der Waals surface area contributed by atoms with E-state index in [1.165, 1.54) is 33.5 Å². The first-order chi connectivity index (χ1) is 10.3. The molecular formula is C18H32O4. The summed E-state index contributed by atoms with van der Waals surface area (Å²) in [6.45, 7) is 6.32. The summed E-state index contributed by atoms with van der Waals surface area (Å²) in [6.07, 6.45) is 6.96. The zero-order valence-electron chi connectivity index (χ0n) is 14.8. The van der Waals surface area contributed by atoms with Crippen molar-refractivity contribution in [1.82, 2.24) is 0 Å². The van der Waals surface area contributed by atoms with Gasteiger partial charge in [-0.15, -0.1) is 0 Å². The van der Waals surface area contributed by atoms with Crippen molar-refractivity contribution in [2.24, 2.45) is 23.2 Å². The average molecular weight is 312 g/mol. The van der Waals surface area contributed by atoms with Gasteiger partial charge in [-0.3, -0.25) is 9.59 Å². The van der Waals surface area contributed by atoms with Gasteiger partial charge >= 0.3 is 11.9 Å². The maximum Gasteiger partial charge on any atom is 0.308 e. The number of carbonyl (C=O) groups is 2. The van der Waals surface area contributed by atoms with Crippen molar-refractivity contribution < 1.29 is 19.1 Å². The van der Waals surface area contributed by atoms with Crippen molar-refractivity contribution in [2.45, 2.75) is 65.7 Å². The Balaban J connectivity index is 2.86. The van der Waals surface area contributed by atoms with Crippen LogP contribution in [0.25, 0.3) is 0 Å². The van der Waals surface area contributed by atoms with Crippen LogP contribution in [0.15, 0.2) is 0 Å². The third-order valence-corrected chi connectivity index (χ3v) is 4.65. The lowest BCUT2D eigenvalue weighted by molar-refractivity contribution is -0.152. The predicted octanol–water partition coefficient (Wildman–Crippen LogP) is 3.97. The maximum atomic E-state index is 12.2. The molecule has 1 fully saturated rings. The number of hydrogen-bond donors (Lipinski definition) is 0. The minimum Gasteiger partial charge on any atom is -0.469 e. The molecule has 1 aliphatic carbocycles. The predicted molar refractivity (Wildman–Crippen MR) is 86.3 cm³/mol. The maximum absolute atomic E-state index is 12.2. The Kier molecular flexibility index (Phi) is 7.37. The van der Waals surface area contributed by atoms with E-state index in [0.29, 0.717) is 12.3 Å². The molecule has 4 heteroatoms. The molecule has 0 N–H and O–H groups in total. The number of rotatable bonds is 6. The highest BCUT2D eigenvalue weighted by atomic mass is 16.5. The van der Waals surface area contributed by atoms with Gasteiger partial charge < -0.3 is 9.47 Å². The smallest absolute Gasteiger partial charge is 0.308 e. The zero-order valence-corrected chi connectivity index (χ0v) is 14.8. The summed E-state index contributed by atoms with van der Waals surface area (Å²) in [5.74, 6) is -0.463. The van der Waals surface area contributed by atoms with Crippen LogP contribution in [-0.2, 0) is 19.1 Å². The van der Waals surface area contributed by atoms with Crippen LogP contribution in [0.4, 0.5) is 0 Å². The highest BCUT2D eigenvalue weighted by molar-refractivity contribution is 5.76. The lowest BCUT2D eigenvalue weighted by atomic mass is 9.73. The van der Waals surface area contributed by atoms with Crippen molar-refractivity contribution in [3.05, 3.63) is 0 Å². The van der Waals surface area contributed by atoms with E-state index in [9.17, 15) is 9.59 Å². The molecule has 0 radical (unpaired) electrons. The van der Waals surface area contributed by atoms with E-state index in [1.54, 1.807) is 0 Å². The van der Waals surface area contributed by atoms with Gasteiger partial charge in [0.1, 0.15) is 0 Å². The molecule has 0 aromatic heterocycles. The van der Waals surface area contributed by atoms with Crippen LogP contribution in [0.1, 0.15) is 65.7 Å². The Labute approximate surface area is 134 Å². The molecule has 0 unspecified atom stereocenters. The summed E-state index contributed by atoms with van der Waals surface area (Å²) in [5.41, 5.74) is 0.0199. The Hall–Kier alpha value is -1.06. The quantitative estimate of drug-likeness (QED) is 0.696. The van der Waals surface area contributed by atoms with Crippen molar-refractivity contribution in [3.8, 4) is 0 Å². The third kappa shape index (κ3) is 5.98. The highest BCUT2D eigenvalue weighted by Gasteiger charge is 2.36. The summed E-state index contributed by atoms with van der Waals surface area (Å²) >= 11 is 0. The number of hydrogen-bond acceptors (Lipinski definition) is 4. The molecule has 0 amide bonds. The van der Waals surface area contributed by atoms with E-state index in [4.69, 9.17) is 9.47 Å². The fraction of sp³-hybridized carbons (Fsp3) is 0.889. The van der Waals surface area contributed by atoms with E-state index < -0.39 is 0 Å². The largest absolute Gasteiger partial charge is 0.469 e. The molecule has 1 saturated carbocycles. The first-order valence-corrected chi connectivity index (χ1v) is 8.44. The Morgan fingerprint density at radius 2 is 1.55 bits per heavy atom. The van der Waals surface area contributed by atoms with Crippen LogP contribution in [0, 0.1) is 23.2 Å². The van der Waals surface area contributed by atoms with Gasteiger partial charge in [-0.1, -0.05) is 40.0 Å². The monoisotopic (exact) mass is 312 g/mol. The molecule has 0 heterocycles. The highest BCUT2D eigenvalue weighted by Crippen LogP contribution is 2.37. The van der Waals surface area contributed by atoms with Gasteiger partial charge in [0.25, 0.3) is 0 Å². The molecule has 0 bridgehead atoms. The van der Waals surface area contributed by atoms with E-state index in [-0.39, 0.29) is 29.2 Å². The molecule has 0 saturated heterocycles. The van der Waals surface area contributed by atoms with Crippen LogP contribution in [-0.4, -0.2) is 26.2 Å². The van der Waals surface area contributed by atoms with Crippen molar-refractivity contribution in [3.63, 3.8) is 0 Å². The second kappa shape index (κ2) is 8.54. The molecule has 0 spiro atoms. The first kappa shape index (κ1) is 19.0. The SMILES string of the molecule is COC(=O)[C@@H](C[C@H](C(=O)OC)C1CCCCC1)CC(C)(C)C. The van der Waals surface area contributed by atoms with E-state index in [0.717, 1.165) is 19.3 Å². The second-order valence-electron chi connectivity index (χ2n) is 7.75. The van der Waals surface area contributed by atoms with Crippen LogP contribution in [0.2, 0.25) is 0 Å². The molecule has 0 aromatic carbocycles. The zero-order chi connectivity index (χ0) is 16.8. The second-order valence-corrected chi connectivity index (χ2v) is 7.75. The summed E-state index contributed by atoms with van der Waals surface area (Å²) in [4.78, 5) is 24.4. The molecule has 1 aliphatic rings. The van der Waals surface area contributed by atoms with Gasteiger partial charge in [0.05, 0.1) is 26.1 Å². The lowest BCUT2D eigenvalue weighted by Gasteiger charge is -2.32. The average Bonchev–Trinajstić information content (AvgIpc) is 2.49. The van der Waals surface area contributed by atoms with Gasteiger partial charge in [0.15, 0.2) is 0 Å². The number of methoxy groups -OCH3 is 2. The molecule has 1 rings (SSSR count). The van der Waals surface area contributed by atoms with Gasteiger partial charge in [-0.25, -0.2) is 0 Å². The van der Waals surface area contributed by atoms with Gasteiger partial charge in [-0.05, 0) is 37.0 Å². The standard InChI is InChI=1S/C18H32O4/c1-18(2,3)12-14(16(19)21-4)11-15(17(20)22-5)13-9-7-6-8-10-13/h13-15H,6-12H2,1-5H3/t14-,15-/m0/s1. The topological polar surface area (TPSA) is 52.6 Å². The fourth-order valence-electron chi connectivity index (χ4n) is 3.64. The number of ether oxygens (including phenoxy) is 2. The summed E-state index contributed by atoms with van der Waals surface area (Å²) < 4.78 is 9.99. The molecule has 2 atom stereocenters. The van der Waals surface area contributed by atoms with E-state index >= 15 is 0 Å². The molecule has 4 nitrogen and oxygen atoms in total. The molecular weight excluding hydrogens is 280 g/mol. The lowest BCUT2D eigenvalue weighted by Crippen LogP contribution is -2.33. The Morgan fingerprint density at radius 3 is 2.00 bits per heavy atom. The van der Waals surface area contributed by atoms with Crippen molar-refractivity contribution in [1.29, 1.82) is 0 Å².